The van der Waals surface area contributed by atoms with Crippen LogP contribution in [0.1, 0.15) is 30.5 Å². The number of ether oxygens (including phenoxy) is 1. The van der Waals surface area contributed by atoms with E-state index in [2.05, 4.69) is 84.4 Å². The van der Waals surface area contributed by atoms with Crippen molar-refractivity contribution in [3.8, 4) is 5.75 Å². The summed E-state index contributed by atoms with van der Waals surface area (Å²) >= 11 is 0. The molecule has 3 aromatic carbocycles. The zero-order valence-electron chi connectivity index (χ0n) is 15.0. The van der Waals surface area contributed by atoms with Gasteiger partial charge in [-0.1, -0.05) is 67.6 Å². The molecule has 0 bridgehead atoms. The fraction of sp³-hybridized carbons (Fsp3) is 0.167. The molecule has 0 radical (unpaired) electrons. The van der Waals surface area contributed by atoms with Crippen LogP contribution < -0.4 is 4.74 Å². The number of fused-ring (bicyclic) bond motifs is 1. The molecule has 4 rings (SSSR count). The van der Waals surface area contributed by atoms with Gasteiger partial charge in [-0.15, -0.1) is 0 Å². The van der Waals surface area contributed by atoms with E-state index in [1.54, 1.807) is 0 Å². The van der Waals surface area contributed by atoms with Crippen molar-refractivity contribution in [1.82, 2.24) is 4.57 Å². The number of aromatic nitrogens is 1. The molecule has 2 heteroatoms. The van der Waals surface area contributed by atoms with E-state index in [0.29, 0.717) is 12.6 Å². The van der Waals surface area contributed by atoms with Gasteiger partial charge in [0.25, 0.3) is 0 Å². The summed E-state index contributed by atoms with van der Waals surface area (Å²) < 4.78 is 8.34. The molecule has 2 nitrogen and oxygen atoms in total. The lowest BCUT2D eigenvalue weighted by Gasteiger charge is -2.19. The van der Waals surface area contributed by atoms with Crippen LogP contribution in [0.5, 0.6) is 5.75 Å². The van der Waals surface area contributed by atoms with Gasteiger partial charge in [0.15, 0.2) is 0 Å². The van der Waals surface area contributed by atoms with E-state index >= 15 is 0 Å². The van der Waals surface area contributed by atoms with Crippen molar-refractivity contribution in [1.29, 1.82) is 0 Å². The standard InChI is InChI=1S/C24H23NO/c1-2-23(20-11-7-4-8-12-20)25-16-15-21-17-22(13-14-24(21)25)26-18-19-9-5-3-6-10-19/h3-17,23H,2,18H2,1H3. The van der Waals surface area contributed by atoms with Gasteiger partial charge in [-0.3, -0.25) is 0 Å². The fourth-order valence-electron chi connectivity index (χ4n) is 3.51. The van der Waals surface area contributed by atoms with Crippen LogP contribution in [-0.2, 0) is 6.61 Å². The minimum atomic E-state index is 0.352. The van der Waals surface area contributed by atoms with Crippen molar-refractivity contribution in [2.45, 2.75) is 26.0 Å². The van der Waals surface area contributed by atoms with Crippen LogP contribution in [0.3, 0.4) is 0 Å². The number of hydrogen-bond acceptors (Lipinski definition) is 1. The van der Waals surface area contributed by atoms with Gasteiger partial charge in [0.1, 0.15) is 12.4 Å². The van der Waals surface area contributed by atoms with Gasteiger partial charge in [0.05, 0.1) is 6.04 Å². The minimum Gasteiger partial charge on any atom is -0.489 e. The molecule has 0 N–H and O–H groups in total. The number of hydrogen-bond donors (Lipinski definition) is 0. The lowest BCUT2D eigenvalue weighted by molar-refractivity contribution is 0.306. The first-order valence-electron chi connectivity index (χ1n) is 9.17. The highest BCUT2D eigenvalue weighted by Crippen LogP contribution is 2.29. The molecule has 26 heavy (non-hydrogen) atoms. The second-order valence-corrected chi connectivity index (χ2v) is 6.55. The molecular weight excluding hydrogens is 318 g/mol. The first-order chi connectivity index (χ1) is 12.8. The molecule has 0 saturated carbocycles. The molecule has 0 aliphatic carbocycles. The first kappa shape index (κ1) is 16.5. The Balaban J connectivity index is 1.59. The maximum atomic E-state index is 5.97. The van der Waals surface area contributed by atoms with E-state index in [1.165, 1.54) is 22.0 Å². The summed E-state index contributed by atoms with van der Waals surface area (Å²) in [6.45, 7) is 2.83. The molecule has 1 atom stereocenters. The lowest BCUT2D eigenvalue weighted by Crippen LogP contribution is -2.08. The predicted octanol–water partition coefficient (Wildman–Crippen LogP) is 6.22. The fourth-order valence-corrected chi connectivity index (χ4v) is 3.51. The Labute approximate surface area is 154 Å². The Bertz CT molecular complexity index is 973. The van der Waals surface area contributed by atoms with Gasteiger partial charge in [-0.05, 0) is 41.8 Å². The van der Waals surface area contributed by atoms with Gasteiger partial charge in [-0.25, -0.2) is 0 Å². The third kappa shape index (κ3) is 3.36. The summed E-state index contributed by atoms with van der Waals surface area (Å²) in [5.41, 5.74) is 3.77. The Hall–Kier alpha value is -3.00. The van der Waals surface area contributed by atoms with Gasteiger partial charge < -0.3 is 9.30 Å². The SMILES string of the molecule is CCC(c1ccccc1)n1ccc2cc(OCc3ccccc3)ccc21. The van der Waals surface area contributed by atoms with Gasteiger partial charge in [0, 0.05) is 17.1 Å². The molecule has 130 valence electrons. The second-order valence-electron chi connectivity index (χ2n) is 6.55. The molecule has 0 aliphatic heterocycles. The molecule has 0 amide bonds. The third-order valence-corrected chi connectivity index (χ3v) is 4.85. The molecule has 0 aliphatic rings. The summed E-state index contributed by atoms with van der Waals surface area (Å²) in [6, 6.07) is 29.9. The summed E-state index contributed by atoms with van der Waals surface area (Å²) in [5, 5.41) is 1.21. The largest absolute Gasteiger partial charge is 0.489 e. The highest BCUT2D eigenvalue weighted by atomic mass is 16.5. The molecule has 1 aromatic heterocycles. The maximum absolute atomic E-state index is 5.97. The van der Waals surface area contributed by atoms with Crippen LogP contribution in [0.15, 0.2) is 91.1 Å². The monoisotopic (exact) mass is 341 g/mol. The molecule has 4 aromatic rings. The molecule has 0 saturated heterocycles. The zero-order valence-corrected chi connectivity index (χ0v) is 15.0. The molecule has 1 unspecified atom stereocenters. The van der Waals surface area contributed by atoms with E-state index < -0.39 is 0 Å². The van der Waals surface area contributed by atoms with E-state index in [4.69, 9.17) is 4.74 Å². The van der Waals surface area contributed by atoms with Crippen molar-refractivity contribution < 1.29 is 4.74 Å². The number of benzene rings is 3. The minimum absolute atomic E-state index is 0.352. The third-order valence-electron chi connectivity index (χ3n) is 4.85. The second kappa shape index (κ2) is 7.49. The van der Waals surface area contributed by atoms with Crippen molar-refractivity contribution in [2.24, 2.45) is 0 Å². The van der Waals surface area contributed by atoms with Crippen LogP contribution in [0.2, 0.25) is 0 Å². The van der Waals surface area contributed by atoms with Crippen LogP contribution in [0, 0.1) is 0 Å². The Morgan fingerprint density at radius 2 is 1.58 bits per heavy atom. The Morgan fingerprint density at radius 3 is 2.31 bits per heavy atom. The summed E-state index contributed by atoms with van der Waals surface area (Å²) in [5.74, 6) is 0.909. The van der Waals surface area contributed by atoms with Crippen LogP contribution in [0.25, 0.3) is 10.9 Å². The van der Waals surface area contributed by atoms with Crippen LogP contribution in [0.4, 0.5) is 0 Å². The van der Waals surface area contributed by atoms with Gasteiger partial charge in [0.2, 0.25) is 0 Å². The molecule has 1 heterocycles. The average Bonchev–Trinajstić information content (AvgIpc) is 3.12. The number of nitrogens with zero attached hydrogens (tertiary/aromatic N) is 1. The number of rotatable bonds is 6. The molecule has 0 spiro atoms. The highest BCUT2D eigenvalue weighted by molar-refractivity contribution is 5.82. The van der Waals surface area contributed by atoms with Crippen molar-refractivity contribution in [3.63, 3.8) is 0 Å². The first-order valence-corrected chi connectivity index (χ1v) is 9.17. The summed E-state index contributed by atoms with van der Waals surface area (Å²) in [7, 11) is 0. The van der Waals surface area contributed by atoms with Gasteiger partial charge >= 0.3 is 0 Å². The molecular formula is C24H23NO. The van der Waals surface area contributed by atoms with Crippen molar-refractivity contribution >= 4 is 10.9 Å². The van der Waals surface area contributed by atoms with Gasteiger partial charge in [-0.2, -0.15) is 0 Å². The van der Waals surface area contributed by atoms with Crippen LogP contribution >= 0.6 is 0 Å². The summed E-state index contributed by atoms with van der Waals surface area (Å²) in [4.78, 5) is 0. The normalized spacial score (nSPS) is 12.2. The maximum Gasteiger partial charge on any atom is 0.120 e. The topological polar surface area (TPSA) is 14.2 Å². The smallest absolute Gasteiger partial charge is 0.120 e. The Morgan fingerprint density at radius 1 is 0.846 bits per heavy atom. The van der Waals surface area contributed by atoms with Crippen molar-refractivity contribution in [3.05, 3.63) is 102 Å². The van der Waals surface area contributed by atoms with Crippen LogP contribution in [-0.4, -0.2) is 4.57 Å². The molecule has 0 fully saturated rings. The van der Waals surface area contributed by atoms with E-state index in [0.717, 1.165) is 12.2 Å². The van der Waals surface area contributed by atoms with Crippen molar-refractivity contribution in [2.75, 3.05) is 0 Å². The quantitative estimate of drug-likeness (QED) is 0.406. The average molecular weight is 341 g/mol. The zero-order chi connectivity index (χ0) is 17.8. The predicted molar refractivity (Wildman–Crippen MR) is 108 cm³/mol. The summed E-state index contributed by atoms with van der Waals surface area (Å²) in [6.07, 6.45) is 3.24. The lowest BCUT2D eigenvalue weighted by atomic mass is 10.0. The van der Waals surface area contributed by atoms with E-state index in [9.17, 15) is 0 Å². The van der Waals surface area contributed by atoms with E-state index in [-0.39, 0.29) is 0 Å². The Kier molecular flexibility index (Phi) is 4.74. The van der Waals surface area contributed by atoms with E-state index in [1.807, 2.05) is 18.2 Å². The highest BCUT2D eigenvalue weighted by Gasteiger charge is 2.13.